The van der Waals surface area contributed by atoms with Crippen molar-refractivity contribution in [2.45, 2.75) is 17.9 Å². The van der Waals surface area contributed by atoms with E-state index in [0.717, 1.165) is 5.56 Å². The van der Waals surface area contributed by atoms with E-state index < -0.39 is 10.1 Å². The minimum Gasteiger partial charge on any atom is -0.378 e. The fourth-order valence-electron chi connectivity index (χ4n) is 2.72. The molecular weight excluding hydrogens is 374 g/mol. The van der Waals surface area contributed by atoms with E-state index in [2.05, 4.69) is 5.32 Å². The van der Waals surface area contributed by atoms with Crippen molar-refractivity contribution < 1.29 is 17.4 Å². The van der Waals surface area contributed by atoms with E-state index in [1.54, 1.807) is 36.4 Å². The highest BCUT2D eigenvalue weighted by molar-refractivity contribution is 7.87. The van der Waals surface area contributed by atoms with Crippen LogP contribution in [0.5, 0.6) is 5.75 Å². The Morgan fingerprint density at radius 3 is 2.14 bits per heavy atom. The van der Waals surface area contributed by atoms with Gasteiger partial charge >= 0.3 is 10.1 Å². The zero-order chi connectivity index (χ0) is 20.0. The Kier molecular flexibility index (Phi) is 6.23. The molecule has 1 N–H and O–H groups in total. The highest BCUT2D eigenvalue weighted by Gasteiger charge is 2.20. The van der Waals surface area contributed by atoms with Crippen LogP contribution in [-0.4, -0.2) is 20.7 Å². The van der Waals surface area contributed by atoms with E-state index >= 15 is 0 Å². The molecule has 0 spiro atoms. The number of carbonyl (C=O) groups is 1. The predicted octanol–water partition coefficient (Wildman–Crippen LogP) is 3.99. The maximum atomic E-state index is 12.7. The second kappa shape index (κ2) is 8.82. The van der Waals surface area contributed by atoms with E-state index in [4.69, 9.17) is 4.18 Å². The predicted molar refractivity (Wildman–Crippen MR) is 108 cm³/mol. The van der Waals surface area contributed by atoms with Crippen molar-refractivity contribution in [2.24, 2.45) is 0 Å². The van der Waals surface area contributed by atoms with E-state index in [0.29, 0.717) is 0 Å². The number of rotatable bonds is 8. The number of para-hydroxylation sites is 1. The van der Waals surface area contributed by atoms with Crippen LogP contribution >= 0.6 is 0 Å². The van der Waals surface area contributed by atoms with Gasteiger partial charge in [-0.05, 0) is 36.8 Å². The molecule has 0 saturated carbocycles. The van der Waals surface area contributed by atoms with E-state index in [1.165, 1.54) is 18.2 Å². The van der Waals surface area contributed by atoms with Crippen LogP contribution < -0.4 is 9.50 Å². The second-order valence-corrected chi connectivity index (χ2v) is 7.83. The van der Waals surface area contributed by atoms with E-state index in [9.17, 15) is 13.2 Å². The molecule has 0 heterocycles. The summed E-state index contributed by atoms with van der Waals surface area (Å²) in [6.07, 6.45) is 0. The van der Waals surface area contributed by atoms with Gasteiger partial charge in [0.15, 0.2) is 11.5 Å². The Hall–Kier alpha value is -2.96. The molecule has 0 fully saturated rings. The Morgan fingerprint density at radius 2 is 1.46 bits per heavy atom. The van der Waals surface area contributed by atoms with E-state index in [1.807, 2.05) is 37.3 Å². The lowest BCUT2D eigenvalue weighted by molar-refractivity contribution is 0.0986. The summed E-state index contributed by atoms with van der Waals surface area (Å²) >= 11 is 0. The van der Waals surface area contributed by atoms with Gasteiger partial charge in [-0.2, -0.15) is 8.42 Å². The van der Waals surface area contributed by atoms with Gasteiger partial charge in [-0.15, -0.1) is 0 Å². The summed E-state index contributed by atoms with van der Waals surface area (Å²) in [5, 5.41) is 3.16. The summed E-state index contributed by atoms with van der Waals surface area (Å²) in [5.41, 5.74) is 1.28. The maximum absolute atomic E-state index is 12.7. The van der Waals surface area contributed by atoms with Crippen LogP contribution in [-0.2, 0) is 10.1 Å². The SMILES string of the molecule is C[C@H](NCC(=O)c1ccccc1OS(=O)(=O)c1ccccc1)c1ccccc1. The first-order valence-electron chi connectivity index (χ1n) is 8.87. The summed E-state index contributed by atoms with van der Waals surface area (Å²) in [6, 6.07) is 23.9. The molecule has 3 aromatic carbocycles. The van der Waals surface area contributed by atoms with Crippen molar-refractivity contribution in [1.29, 1.82) is 0 Å². The number of Topliss-reactive ketones (excluding diaryl/α,β-unsaturated/α-hetero) is 1. The molecule has 0 aliphatic carbocycles. The summed E-state index contributed by atoms with van der Waals surface area (Å²) < 4.78 is 30.2. The first kappa shape index (κ1) is 19.8. The van der Waals surface area contributed by atoms with Crippen LogP contribution in [0.4, 0.5) is 0 Å². The third-order valence-electron chi connectivity index (χ3n) is 4.29. The molecule has 0 aliphatic rings. The number of carbonyl (C=O) groups excluding carboxylic acids is 1. The molecule has 28 heavy (non-hydrogen) atoms. The molecular formula is C22H21NO4S. The van der Waals surface area contributed by atoms with Crippen molar-refractivity contribution in [1.82, 2.24) is 5.32 Å². The Bertz CT molecular complexity index is 1030. The van der Waals surface area contributed by atoms with Crippen LogP contribution in [0.1, 0.15) is 28.9 Å². The summed E-state index contributed by atoms with van der Waals surface area (Å²) in [5.74, 6) is -0.229. The van der Waals surface area contributed by atoms with Gasteiger partial charge in [-0.25, -0.2) is 0 Å². The third kappa shape index (κ3) is 4.85. The number of benzene rings is 3. The third-order valence-corrected chi connectivity index (χ3v) is 5.54. The molecule has 0 amide bonds. The fraction of sp³-hybridized carbons (Fsp3) is 0.136. The molecule has 0 saturated heterocycles. The molecule has 5 nitrogen and oxygen atoms in total. The van der Waals surface area contributed by atoms with Gasteiger partial charge < -0.3 is 9.50 Å². The zero-order valence-corrected chi connectivity index (χ0v) is 16.2. The molecule has 1 atom stereocenters. The Balaban J connectivity index is 1.74. The molecule has 0 radical (unpaired) electrons. The van der Waals surface area contributed by atoms with Crippen LogP contribution in [0.15, 0.2) is 89.8 Å². The average Bonchev–Trinajstić information content (AvgIpc) is 2.73. The van der Waals surface area contributed by atoms with E-state index in [-0.39, 0.29) is 34.6 Å². The molecule has 0 unspecified atom stereocenters. The quantitative estimate of drug-likeness (QED) is 0.461. The van der Waals surface area contributed by atoms with Crippen molar-refractivity contribution in [3.05, 3.63) is 96.1 Å². The Morgan fingerprint density at radius 1 is 0.893 bits per heavy atom. The van der Waals surface area contributed by atoms with Crippen molar-refractivity contribution >= 4 is 15.9 Å². The van der Waals surface area contributed by atoms with Crippen LogP contribution in [0.2, 0.25) is 0 Å². The smallest absolute Gasteiger partial charge is 0.339 e. The molecule has 0 aliphatic heterocycles. The maximum Gasteiger partial charge on any atom is 0.339 e. The standard InChI is InChI=1S/C22H21NO4S/c1-17(18-10-4-2-5-11-18)23-16-21(24)20-14-8-9-15-22(20)27-28(25,26)19-12-6-3-7-13-19/h2-15,17,23H,16H2,1H3/t17-/m0/s1. The van der Waals surface area contributed by atoms with Crippen LogP contribution in [0, 0.1) is 0 Å². The lowest BCUT2D eigenvalue weighted by Gasteiger charge is -2.15. The van der Waals surface area contributed by atoms with Gasteiger partial charge in [0.2, 0.25) is 0 Å². The minimum atomic E-state index is -4.02. The number of ketones is 1. The summed E-state index contributed by atoms with van der Waals surface area (Å²) in [7, 11) is -4.02. The Labute approximate surface area is 165 Å². The van der Waals surface area contributed by atoms with Crippen molar-refractivity contribution in [3.63, 3.8) is 0 Å². The van der Waals surface area contributed by atoms with Crippen molar-refractivity contribution in [2.75, 3.05) is 6.54 Å². The zero-order valence-electron chi connectivity index (χ0n) is 15.4. The first-order chi connectivity index (χ1) is 13.5. The first-order valence-corrected chi connectivity index (χ1v) is 10.3. The molecule has 144 valence electrons. The highest BCUT2D eigenvalue weighted by Crippen LogP contribution is 2.23. The summed E-state index contributed by atoms with van der Waals surface area (Å²) in [6.45, 7) is 2.02. The average molecular weight is 395 g/mol. The van der Waals surface area contributed by atoms with Gasteiger partial charge in [0.05, 0.1) is 12.1 Å². The second-order valence-electron chi connectivity index (χ2n) is 6.28. The molecule has 0 bridgehead atoms. The normalized spacial score (nSPS) is 12.3. The minimum absolute atomic E-state index is 0.0190. The molecule has 3 rings (SSSR count). The monoisotopic (exact) mass is 395 g/mol. The number of hydrogen-bond donors (Lipinski definition) is 1. The largest absolute Gasteiger partial charge is 0.378 e. The van der Waals surface area contributed by atoms with Gasteiger partial charge in [-0.1, -0.05) is 60.7 Å². The number of nitrogens with one attached hydrogen (secondary N) is 1. The van der Waals surface area contributed by atoms with Gasteiger partial charge in [0.25, 0.3) is 0 Å². The lowest BCUT2D eigenvalue weighted by atomic mass is 10.1. The molecule has 3 aromatic rings. The highest BCUT2D eigenvalue weighted by atomic mass is 32.2. The lowest BCUT2D eigenvalue weighted by Crippen LogP contribution is -2.26. The van der Waals surface area contributed by atoms with Crippen LogP contribution in [0.25, 0.3) is 0 Å². The van der Waals surface area contributed by atoms with Gasteiger partial charge in [0.1, 0.15) is 4.90 Å². The van der Waals surface area contributed by atoms with Gasteiger partial charge in [0, 0.05) is 6.04 Å². The number of hydrogen-bond acceptors (Lipinski definition) is 5. The topological polar surface area (TPSA) is 72.5 Å². The molecule has 0 aromatic heterocycles. The molecule has 6 heteroatoms. The fourth-order valence-corrected chi connectivity index (χ4v) is 3.69. The van der Waals surface area contributed by atoms with Crippen molar-refractivity contribution in [3.8, 4) is 5.75 Å². The van der Waals surface area contributed by atoms with Gasteiger partial charge in [-0.3, -0.25) is 4.79 Å². The van der Waals surface area contributed by atoms with Crippen LogP contribution in [0.3, 0.4) is 0 Å². The summed E-state index contributed by atoms with van der Waals surface area (Å²) in [4.78, 5) is 12.7.